The zero-order valence-electron chi connectivity index (χ0n) is 14.6. The van der Waals surface area contributed by atoms with Crippen LogP contribution in [-0.4, -0.2) is 46.4 Å². The second-order valence-corrected chi connectivity index (χ2v) is 7.67. The van der Waals surface area contributed by atoms with Crippen LogP contribution in [0, 0.1) is 5.82 Å². The van der Waals surface area contributed by atoms with Crippen molar-refractivity contribution in [2.75, 3.05) is 27.2 Å². The monoisotopic (exact) mass is 383 g/mol. The van der Waals surface area contributed by atoms with Crippen LogP contribution in [0.5, 0.6) is 0 Å². The molecule has 0 saturated heterocycles. The van der Waals surface area contributed by atoms with Crippen LogP contribution in [0.3, 0.4) is 0 Å². The van der Waals surface area contributed by atoms with Crippen LogP contribution in [0.2, 0.25) is 0 Å². The van der Waals surface area contributed by atoms with Gasteiger partial charge in [-0.25, -0.2) is 17.5 Å². The van der Waals surface area contributed by atoms with Crippen molar-refractivity contribution < 1.29 is 22.0 Å². The molecule has 0 spiro atoms. The molecule has 1 heterocycles. The Kier molecular flexibility index (Phi) is 6.90. The van der Waals surface area contributed by atoms with E-state index in [1.807, 2.05) is 25.1 Å². The van der Waals surface area contributed by atoms with Crippen molar-refractivity contribution in [3.63, 3.8) is 0 Å². The zero-order valence-corrected chi connectivity index (χ0v) is 15.4. The van der Waals surface area contributed by atoms with Crippen LogP contribution in [0.15, 0.2) is 52.0 Å². The zero-order chi connectivity index (χ0) is 19.2. The van der Waals surface area contributed by atoms with Crippen LogP contribution in [-0.2, 0) is 14.8 Å². The molecule has 0 bridgehead atoms. The third kappa shape index (κ3) is 5.65. The largest absolute Gasteiger partial charge is 0.468 e. The molecule has 2 rings (SSSR count). The number of amides is 1. The number of halogens is 1. The molecule has 1 unspecified atom stereocenters. The van der Waals surface area contributed by atoms with E-state index in [2.05, 4.69) is 10.0 Å². The van der Waals surface area contributed by atoms with Gasteiger partial charge in [-0.3, -0.25) is 9.69 Å². The maximum absolute atomic E-state index is 12.9. The number of carbonyl (C=O) groups is 1. The van der Waals surface area contributed by atoms with Crippen molar-refractivity contribution in [2.45, 2.75) is 17.4 Å². The summed E-state index contributed by atoms with van der Waals surface area (Å²) >= 11 is 0. The Morgan fingerprint density at radius 1 is 1.23 bits per heavy atom. The first-order valence-electron chi connectivity index (χ1n) is 8.01. The van der Waals surface area contributed by atoms with Gasteiger partial charge in [0.1, 0.15) is 11.6 Å². The first-order chi connectivity index (χ1) is 12.3. The van der Waals surface area contributed by atoms with E-state index in [0.717, 1.165) is 17.9 Å². The Bertz CT molecular complexity index is 805. The van der Waals surface area contributed by atoms with Gasteiger partial charge in [0, 0.05) is 19.5 Å². The molecule has 0 aliphatic carbocycles. The fourth-order valence-corrected chi connectivity index (χ4v) is 3.35. The lowest BCUT2D eigenvalue weighted by Crippen LogP contribution is -2.36. The minimum absolute atomic E-state index is 0.0152. The highest BCUT2D eigenvalue weighted by Crippen LogP contribution is 2.17. The number of likely N-dealkylation sites (N-methyl/N-ethyl adjacent to an activating group) is 1. The highest BCUT2D eigenvalue weighted by atomic mass is 32.2. The first-order valence-corrected chi connectivity index (χ1v) is 9.49. The third-order valence-corrected chi connectivity index (χ3v) is 5.23. The lowest BCUT2D eigenvalue weighted by Gasteiger charge is -2.22. The number of carbonyl (C=O) groups excluding carboxylic acids is 1. The van der Waals surface area contributed by atoms with Gasteiger partial charge in [-0.1, -0.05) is 0 Å². The van der Waals surface area contributed by atoms with E-state index in [0.29, 0.717) is 6.54 Å². The summed E-state index contributed by atoms with van der Waals surface area (Å²) in [6.45, 7) is 0.281. The number of nitrogens with zero attached hydrogens (tertiary/aromatic N) is 1. The SMILES string of the molecule is CN(C)C(CNC(=O)CCNS(=O)(=O)c1ccc(F)cc1)c1ccco1. The van der Waals surface area contributed by atoms with E-state index in [1.54, 1.807) is 12.3 Å². The Hall–Kier alpha value is -2.23. The van der Waals surface area contributed by atoms with Crippen molar-refractivity contribution >= 4 is 15.9 Å². The number of hydrogen-bond donors (Lipinski definition) is 2. The summed E-state index contributed by atoms with van der Waals surface area (Å²) in [7, 11) is -0.0304. The Morgan fingerprint density at radius 3 is 2.50 bits per heavy atom. The van der Waals surface area contributed by atoms with Gasteiger partial charge >= 0.3 is 0 Å². The minimum Gasteiger partial charge on any atom is -0.468 e. The number of furan rings is 1. The number of benzene rings is 1. The normalized spacial score (nSPS) is 12.9. The number of nitrogens with one attached hydrogen (secondary N) is 2. The molecule has 0 saturated carbocycles. The van der Waals surface area contributed by atoms with Gasteiger partial charge < -0.3 is 9.73 Å². The van der Waals surface area contributed by atoms with E-state index in [9.17, 15) is 17.6 Å². The second kappa shape index (κ2) is 8.93. The van der Waals surface area contributed by atoms with Crippen LogP contribution in [0.4, 0.5) is 4.39 Å². The highest BCUT2D eigenvalue weighted by Gasteiger charge is 2.18. The highest BCUT2D eigenvalue weighted by molar-refractivity contribution is 7.89. The van der Waals surface area contributed by atoms with Gasteiger partial charge in [-0.15, -0.1) is 0 Å². The predicted molar refractivity (Wildman–Crippen MR) is 94.4 cm³/mol. The summed E-state index contributed by atoms with van der Waals surface area (Å²) in [5.41, 5.74) is 0. The molecule has 0 aliphatic heterocycles. The molecule has 0 radical (unpaired) electrons. The van der Waals surface area contributed by atoms with Crippen LogP contribution < -0.4 is 10.0 Å². The molecule has 7 nitrogen and oxygen atoms in total. The molecule has 2 N–H and O–H groups in total. The van der Waals surface area contributed by atoms with Crippen LogP contribution in [0.1, 0.15) is 18.2 Å². The molecule has 1 aromatic carbocycles. The van der Waals surface area contributed by atoms with Gasteiger partial charge in [-0.2, -0.15) is 0 Å². The van der Waals surface area contributed by atoms with Crippen molar-refractivity contribution in [1.29, 1.82) is 0 Å². The smallest absolute Gasteiger partial charge is 0.240 e. The fraction of sp³-hybridized carbons (Fsp3) is 0.353. The Balaban J connectivity index is 1.80. The number of hydrogen-bond acceptors (Lipinski definition) is 5. The summed E-state index contributed by atoms with van der Waals surface area (Å²) in [5.74, 6) is -0.0761. The predicted octanol–water partition coefficient (Wildman–Crippen LogP) is 1.51. The second-order valence-electron chi connectivity index (χ2n) is 5.90. The van der Waals surface area contributed by atoms with Gasteiger partial charge in [0.25, 0.3) is 0 Å². The van der Waals surface area contributed by atoms with E-state index in [1.165, 1.54) is 12.1 Å². The molecule has 26 heavy (non-hydrogen) atoms. The summed E-state index contributed by atoms with van der Waals surface area (Å²) in [6.07, 6.45) is 1.55. The van der Waals surface area contributed by atoms with Gasteiger partial charge in [0.05, 0.1) is 17.2 Å². The lowest BCUT2D eigenvalue weighted by molar-refractivity contribution is -0.121. The van der Waals surface area contributed by atoms with Gasteiger partial charge in [0.2, 0.25) is 15.9 Å². The molecular formula is C17H22FN3O4S. The summed E-state index contributed by atoms with van der Waals surface area (Å²) in [5, 5.41) is 2.76. The third-order valence-electron chi connectivity index (χ3n) is 3.76. The molecule has 1 amide bonds. The molecule has 0 aliphatic rings. The maximum atomic E-state index is 12.9. The molecule has 9 heteroatoms. The lowest BCUT2D eigenvalue weighted by atomic mass is 10.2. The van der Waals surface area contributed by atoms with Crippen LogP contribution >= 0.6 is 0 Å². The van der Waals surface area contributed by atoms with Crippen molar-refractivity contribution in [3.05, 3.63) is 54.2 Å². The van der Waals surface area contributed by atoms with E-state index < -0.39 is 15.8 Å². The molecular weight excluding hydrogens is 361 g/mol. The minimum atomic E-state index is -3.77. The van der Waals surface area contributed by atoms with Crippen molar-refractivity contribution in [3.8, 4) is 0 Å². The Morgan fingerprint density at radius 2 is 1.92 bits per heavy atom. The van der Waals surface area contributed by atoms with Gasteiger partial charge in [0.15, 0.2) is 0 Å². The van der Waals surface area contributed by atoms with Crippen LogP contribution in [0.25, 0.3) is 0 Å². The summed E-state index contributed by atoms with van der Waals surface area (Å²) < 4.78 is 44.7. The van der Waals surface area contributed by atoms with Crippen molar-refractivity contribution in [2.24, 2.45) is 0 Å². The van der Waals surface area contributed by atoms with Gasteiger partial charge in [-0.05, 0) is 50.5 Å². The Labute approximate surface area is 152 Å². The molecule has 142 valence electrons. The number of sulfonamides is 1. The maximum Gasteiger partial charge on any atom is 0.240 e. The summed E-state index contributed by atoms with van der Waals surface area (Å²) in [6, 6.07) is 7.95. The molecule has 1 atom stereocenters. The van der Waals surface area contributed by atoms with E-state index in [-0.39, 0.29) is 29.8 Å². The van der Waals surface area contributed by atoms with Crippen molar-refractivity contribution in [1.82, 2.24) is 14.9 Å². The van der Waals surface area contributed by atoms with E-state index in [4.69, 9.17) is 4.42 Å². The molecule has 0 fully saturated rings. The average Bonchev–Trinajstić information content (AvgIpc) is 3.09. The molecule has 1 aromatic heterocycles. The average molecular weight is 383 g/mol. The molecule has 2 aromatic rings. The summed E-state index contributed by atoms with van der Waals surface area (Å²) in [4.78, 5) is 13.8. The van der Waals surface area contributed by atoms with E-state index >= 15 is 0 Å². The fourth-order valence-electron chi connectivity index (χ4n) is 2.31. The standard InChI is InChI=1S/C17H22FN3O4S/c1-21(2)15(16-4-3-11-25-16)12-19-17(22)9-10-20-26(23,24)14-7-5-13(18)6-8-14/h3-8,11,15,20H,9-10,12H2,1-2H3,(H,19,22). The first kappa shape index (κ1) is 20.1. The number of rotatable bonds is 9. The topological polar surface area (TPSA) is 91.7 Å². The quantitative estimate of drug-likeness (QED) is 0.685.